The van der Waals surface area contributed by atoms with Gasteiger partial charge in [0.2, 0.25) is 0 Å². The minimum Gasteiger partial charge on any atom is -0.373 e. The molecule has 19 heavy (non-hydrogen) atoms. The number of fused-ring (bicyclic) bond motifs is 1. The molecule has 2 nitrogen and oxygen atoms in total. The van der Waals surface area contributed by atoms with Gasteiger partial charge in [0.05, 0.1) is 12.2 Å². The van der Waals surface area contributed by atoms with Crippen LogP contribution in [0.15, 0.2) is 42.5 Å². The summed E-state index contributed by atoms with van der Waals surface area (Å²) < 4.78 is 5.78. The molecule has 2 atom stereocenters. The molecule has 0 aliphatic carbocycles. The highest BCUT2D eigenvalue weighted by molar-refractivity contribution is 5.82. The molecule has 0 spiro atoms. The summed E-state index contributed by atoms with van der Waals surface area (Å²) in [5, 5.41) is 2.64. The minimum absolute atomic E-state index is 0.337. The lowest BCUT2D eigenvalue weighted by Gasteiger charge is -2.35. The van der Waals surface area contributed by atoms with Crippen molar-refractivity contribution in [3.63, 3.8) is 0 Å². The molecule has 1 fully saturated rings. The Hall–Kier alpha value is -1.38. The van der Waals surface area contributed by atoms with E-state index in [1.165, 1.54) is 16.3 Å². The second kappa shape index (κ2) is 5.32. The fourth-order valence-corrected chi connectivity index (χ4v) is 3.01. The van der Waals surface area contributed by atoms with Gasteiger partial charge in [0, 0.05) is 19.6 Å². The van der Waals surface area contributed by atoms with Crippen LogP contribution in [0.25, 0.3) is 10.8 Å². The zero-order chi connectivity index (χ0) is 13.2. The Kier molecular flexibility index (Phi) is 3.54. The predicted molar refractivity (Wildman–Crippen MR) is 79.2 cm³/mol. The number of benzene rings is 2. The zero-order valence-corrected chi connectivity index (χ0v) is 11.7. The Morgan fingerprint density at radius 1 is 1.00 bits per heavy atom. The van der Waals surface area contributed by atoms with Crippen molar-refractivity contribution in [2.75, 3.05) is 13.1 Å². The monoisotopic (exact) mass is 255 g/mol. The summed E-state index contributed by atoms with van der Waals surface area (Å²) in [5.41, 5.74) is 1.39. The van der Waals surface area contributed by atoms with Gasteiger partial charge in [-0.1, -0.05) is 36.4 Å². The average molecular weight is 255 g/mol. The lowest BCUT2D eigenvalue weighted by Crippen LogP contribution is -2.44. The van der Waals surface area contributed by atoms with Crippen molar-refractivity contribution in [3.05, 3.63) is 48.0 Å². The highest BCUT2D eigenvalue weighted by atomic mass is 16.5. The first-order valence-electron chi connectivity index (χ1n) is 7.06. The Morgan fingerprint density at radius 2 is 1.68 bits per heavy atom. The molecule has 0 saturated carbocycles. The number of hydrogen-bond acceptors (Lipinski definition) is 2. The molecule has 2 aromatic rings. The fourth-order valence-electron chi connectivity index (χ4n) is 3.01. The average Bonchev–Trinajstić information content (AvgIpc) is 2.37. The van der Waals surface area contributed by atoms with Gasteiger partial charge in [-0.3, -0.25) is 4.90 Å². The number of hydrogen-bond donors (Lipinski definition) is 0. The van der Waals surface area contributed by atoms with Crippen LogP contribution in [0.1, 0.15) is 19.4 Å². The molecular formula is C17H21NO. The van der Waals surface area contributed by atoms with Gasteiger partial charge in [-0.15, -0.1) is 0 Å². The van der Waals surface area contributed by atoms with Crippen molar-refractivity contribution >= 4 is 10.8 Å². The van der Waals surface area contributed by atoms with Crippen LogP contribution in [0.5, 0.6) is 0 Å². The third-order valence-corrected chi connectivity index (χ3v) is 3.72. The second-order valence-corrected chi connectivity index (χ2v) is 5.63. The first kappa shape index (κ1) is 12.6. The highest BCUT2D eigenvalue weighted by Gasteiger charge is 2.21. The van der Waals surface area contributed by atoms with E-state index in [1.54, 1.807) is 0 Å². The van der Waals surface area contributed by atoms with Gasteiger partial charge in [0.15, 0.2) is 0 Å². The number of rotatable bonds is 2. The van der Waals surface area contributed by atoms with Crippen LogP contribution >= 0.6 is 0 Å². The van der Waals surface area contributed by atoms with Gasteiger partial charge < -0.3 is 4.74 Å². The normalized spacial score (nSPS) is 24.7. The Bertz CT molecular complexity index is 556. The summed E-state index contributed by atoms with van der Waals surface area (Å²) in [6.07, 6.45) is 0.674. The molecule has 3 rings (SSSR count). The summed E-state index contributed by atoms with van der Waals surface area (Å²) in [6, 6.07) is 15.3. The van der Waals surface area contributed by atoms with Gasteiger partial charge in [-0.25, -0.2) is 0 Å². The summed E-state index contributed by atoms with van der Waals surface area (Å²) in [7, 11) is 0. The number of ether oxygens (including phenoxy) is 1. The van der Waals surface area contributed by atoms with Crippen molar-refractivity contribution < 1.29 is 4.74 Å². The van der Waals surface area contributed by atoms with E-state index in [9.17, 15) is 0 Å². The zero-order valence-electron chi connectivity index (χ0n) is 11.7. The van der Waals surface area contributed by atoms with Gasteiger partial charge in [0.25, 0.3) is 0 Å². The molecule has 0 bridgehead atoms. The smallest absolute Gasteiger partial charge is 0.0678 e. The number of nitrogens with zero attached hydrogens (tertiary/aromatic N) is 1. The minimum atomic E-state index is 0.337. The maximum absolute atomic E-state index is 5.78. The first-order valence-corrected chi connectivity index (χ1v) is 7.06. The van der Waals surface area contributed by atoms with Crippen molar-refractivity contribution in [1.82, 2.24) is 4.90 Å². The summed E-state index contributed by atoms with van der Waals surface area (Å²) >= 11 is 0. The largest absolute Gasteiger partial charge is 0.373 e. The van der Waals surface area contributed by atoms with E-state index in [2.05, 4.69) is 61.2 Å². The molecule has 0 radical (unpaired) electrons. The van der Waals surface area contributed by atoms with E-state index in [-0.39, 0.29) is 0 Å². The van der Waals surface area contributed by atoms with Crippen molar-refractivity contribution in [3.8, 4) is 0 Å². The van der Waals surface area contributed by atoms with Crippen LogP contribution in [0.4, 0.5) is 0 Å². The standard InChI is InChI=1S/C17H21NO/c1-13-10-18(11-14(2)19-13)12-15-7-8-16-5-3-4-6-17(16)9-15/h3-9,13-14H,10-12H2,1-2H3/t13-,14+. The molecule has 2 aromatic carbocycles. The van der Waals surface area contributed by atoms with E-state index < -0.39 is 0 Å². The third-order valence-electron chi connectivity index (χ3n) is 3.72. The van der Waals surface area contributed by atoms with Gasteiger partial charge in [-0.2, -0.15) is 0 Å². The van der Waals surface area contributed by atoms with Gasteiger partial charge in [0.1, 0.15) is 0 Å². The lowest BCUT2D eigenvalue weighted by molar-refractivity contribution is -0.0704. The van der Waals surface area contributed by atoms with E-state index in [4.69, 9.17) is 4.74 Å². The highest BCUT2D eigenvalue weighted by Crippen LogP contribution is 2.19. The van der Waals surface area contributed by atoms with Crippen LogP contribution in [-0.4, -0.2) is 30.2 Å². The molecule has 1 aliphatic rings. The maximum Gasteiger partial charge on any atom is 0.0678 e. The molecule has 0 aromatic heterocycles. The molecule has 0 unspecified atom stereocenters. The Balaban J connectivity index is 1.77. The molecular weight excluding hydrogens is 234 g/mol. The van der Waals surface area contributed by atoms with Crippen LogP contribution < -0.4 is 0 Å². The fraction of sp³-hybridized carbons (Fsp3) is 0.412. The molecule has 1 aliphatic heterocycles. The van der Waals surface area contributed by atoms with Crippen molar-refractivity contribution in [1.29, 1.82) is 0 Å². The van der Waals surface area contributed by atoms with E-state index in [1.807, 2.05) is 0 Å². The first-order chi connectivity index (χ1) is 9.20. The van der Waals surface area contributed by atoms with Crippen LogP contribution in [0, 0.1) is 0 Å². The predicted octanol–water partition coefficient (Wildman–Crippen LogP) is 3.45. The topological polar surface area (TPSA) is 12.5 Å². The van der Waals surface area contributed by atoms with Gasteiger partial charge >= 0.3 is 0 Å². The number of morpholine rings is 1. The molecule has 1 saturated heterocycles. The van der Waals surface area contributed by atoms with Crippen LogP contribution in [0.2, 0.25) is 0 Å². The summed E-state index contributed by atoms with van der Waals surface area (Å²) in [6.45, 7) is 7.38. The Labute approximate surface area is 115 Å². The Morgan fingerprint density at radius 3 is 2.42 bits per heavy atom. The van der Waals surface area contributed by atoms with E-state index in [0.29, 0.717) is 12.2 Å². The summed E-state index contributed by atoms with van der Waals surface area (Å²) in [4.78, 5) is 2.49. The molecule has 0 amide bonds. The van der Waals surface area contributed by atoms with E-state index in [0.717, 1.165) is 19.6 Å². The van der Waals surface area contributed by atoms with Crippen molar-refractivity contribution in [2.45, 2.75) is 32.6 Å². The molecule has 2 heteroatoms. The van der Waals surface area contributed by atoms with Crippen molar-refractivity contribution in [2.24, 2.45) is 0 Å². The SMILES string of the molecule is C[C@@H]1CN(Cc2ccc3ccccc3c2)C[C@H](C)O1. The van der Waals surface area contributed by atoms with Crippen LogP contribution in [0.3, 0.4) is 0 Å². The van der Waals surface area contributed by atoms with Gasteiger partial charge in [-0.05, 0) is 36.2 Å². The quantitative estimate of drug-likeness (QED) is 0.815. The van der Waals surface area contributed by atoms with E-state index >= 15 is 0 Å². The molecule has 1 heterocycles. The second-order valence-electron chi connectivity index (χ2n) is 5.63. The third kappa shape index (κ3) is 2.96. The molecule has 0 N–H and O–H groups in total. The van der Waals surface area contributed by atoms with Crippen LogP contribution in [-0.2, 0) is 11.3 Å². The molecule has 100 valence electrons. The maximum atomic E-state index is 5.78. The lowest BCUT2D eigenvalue weighted by atomic mass is 10.1. The summed E-state index contributed by atoms with van der Waals surface area (Å²) in [5.74, 6) is 0.